The van der Waals surface area contributed by atoms with Crippen LogP contribution in [0.1, 0.15) is 28.4 Å². The lowest BCUT2D eigenvalue weighted by Crippen LogP contribution is -2.22. The highest BCUT2D eigenvalue weighted by atomic mass is 16.5. The van der Waals surface area contributed by atoms with Crippen LogP contribution in [0.15, 0.2) is 96.7 Å². The first-order valence-corrected chi connectivity index (χ1v) is 10.6. The highest BCUT2D eigenvalue weighted by Crippen LogP contribution is 2.18. The first-order valence-electron chi connectivity index (χ1n) is 10.6. The molecule has 6 heteroatoms. The van der Waals surface area contributed by atoms with E-state index in [9.17, 15) is 14.9 Å². The summed E-state index contributed by atoms with van der Waals surface area (Å²) in [6.07, 6.45) is 1.56. The Kier molecular flexibility index (Phi) is 8.38. The van der Waals surface area contributed by atoms with E-state index in [1.807, 2.05) is 71.6 Å². The van der Waals surface area contributed by atoms with Crippen LogP contribution in [0.5, 0.6) is 0 Å². The topological polar surface area (TPSA) is 82.4 Å². The Morgan fingerprint density at radius 2 is 1.45 bits per heavy atom. The van der Waals surface area contributed by atoms with Gasteiger partial charge in [0.25, 0.3) is 5.91 Å². The monoisotopic (exact) mass is 439 g/mol. The van der Waals surface area contributed by atoms with Gasteiger partial charge < -0.3 is 15.0 Å². The molecule has 0 saturated heterocycles. The number of benzene rings is 3. The molecule has 3 rings (SSSR count). The maximum atomic E-state index is 12.9. The number of hydrogen-bond acceptors (Lipinski definition) is 5. The van der Waals surface area contributed by atoms with Crippen molar-refractivity contribution in [3.05, 3.63) is 113 Å². The summed E-state index contributed by atoms with van der Waals surface area (Å²) in [5.41, 5.74) is 2.56. The lowest BCUT2D eigenvalue weighted by Gasteiger charge is -2.21. The van der Waals surface area contributed by atoms with Crippen LogP contribution in [0.3, 0.4) is 0 Å². The molecule has 1 N–H and O–H groups in total. The van der Waals surface area contributed by atoms with E-state index in [4.69, 9.17) is 4.74 Å². The molecule has 0 aliphatic rings. The van der Waals surface area contributed by atoms with Gasteiger partial charge in [0.1, 0.15) is 11.6 Å². The van der Waals surface area contributed by atoms with Gasteiger partial charge in [0, 0.05) is 19.3 Å². The maximum absolute atomic E-state index is 12.9. The van der Waals surface area contributed by atoms with Gasteiger partial charge in [-0.25, -0.2) is 4.79 Å². The molecule has 0 bridgehead atoms. The van der Waals surface area contributed by atoms with E-state index in [0.29, 0.717) is 18.8 Å². The second-order valence-corrected chi connectivity index (χ2v) is 7.25. The summed E-state index contributed by atoms with van der Waals surface area (Å²) >= 11 is 0. The van der Waals surface area contributed by atoms with Crippen molar-refractivity contribution in [2.45, 2.75) is 20.0 Å². The van der Waals surface area contributed by atoms with Gasteiger partial charge in [-0.2, -0.15) is 5.26 Å². The van der Waals surface area contributed by atoms with Crippen molar-refractivity contribution in [3.8, 4) is 6.07 Å². The number of hydrogen-bond donors (Lipinski definition) is 1. The molecule has 33 heavy (non-hydrogen) atoms. The van der Waals surface area contributed by atoms with Gasteiger partial charge in [-0.1, -0.05) is 72.8 Å². The number of ether oxygens (including phenoxy) is 1. The normalized spacial score (nSPS) is 10.7. The second kappa shape index (κ2) is 11.9. The number of nitrogens with one attached hydrogen (secondary N) is 1. The van der Waals surface area contributed by atoms with Crippen molar-refractivity contribution in [1.29, 1.82) is 5.26 Å². The van der Waals surface area contributed by atoms with Crippen LogP contribution in [0.4, 0.5) is 5.69 Å². The summed E-state index contributed by atoms with van der Waals surface area (Å²) in [7, 11) is 0. The Bertz CT molecular complexity index is 1110. The van der Waals surface area contributed by atoms with Crippen molar-refractivity contribution in [1.82, 2.24) is 4.90 Å². The predicted molar refractivity (Wildman–Crippen MR) is 127 cm³/mol. The molecule has 3 aromatic carbocycles. The summed E-state index contributed by atoms with van der Waals surface area (Å²) in [6.45, 7) is 2.98. The number of anilines is 1. The Hall–Kier alpha value is -4.37. The number of esters is 1. The lowest BCUT2D eigenvalue weighted by molar-refractivity contribution is -0.112. The second-order valence-electron chi connectivity index (χ2n) is 7.25. The van der Waals surface area contributed by atoms with Crippen LogP contribution in [0.2, 0.25) is 0 Å². The fraction of sp³-hybridized carbons (Fsp3) is 0.148. The van der Waals surface area contributed by atoms with Gasteiger partial charge in [-0.05, 0) is 30.2 Å². The van der Waals surface area contributed by atoms with E-state index >= 15 is 0 Å². The Morgan fingerprint density at radius 3 is 2.00 bits per heavy atom. The minimum Gasteiger partial charge on any atom is -0.462 e. The van der Waals surface area contributed by atoms with Crippen molar-refractivity contribution in [2.75, 3.05) is 11.9 Å². The molecule has 0 aliphatic carbocycles. The Morgan fingerprint density at radius 1 is 0.909 bits per heavy atom. The summed E-state index contributed by atoms with van der Waals surface area (Å²) in [5, 5.41) is 12.4. The standard InChI is InChI=1S/C27H25N3O3/c1-2-33-27(32)24-15-9-10-16-25(24)29-26(31)23(17-28)20-30(18-21-11-5-3-6-12-21)19-22-13-7-4-8-14-22/h3-16,20H,2,18-19H2,1H3,(H,29,31)/b23-20-. The molecule has 0 spiro atoms. The van der Waals surface area contributed by atoms with Crippen LogP contribution < -0.4 is 5.32 Å². The third kappa shape index (κ3) is 6.81. The highest BCUT2D eigenvalue weighted by molar-refractivity contribution is 6.09. The minimum absolute atomic E-state index is 0.0690. The third-order valence-electron chi connectivity index (χ3n) is 4.80. The van der Waals surface area contributed by atoms with Gasteiger partial charge in [-0.15, -0.1) is 0 Å². The average molecular weight is 440 g/mol. The molecule has 0 fully saturated rings. The molecule has 1 amide bonds. The first-order chi connectivity index (χ1) is 16.1. The minimum atomic E-state index is -0.597. The molecule has 0 atom stereocenters. The fourth-order valence-corrected chi connectivity index (χ4v) is 3.27. The third-order valence-corrected chi connectivity index (χ3v) is 4.80. The van der Waals surface area contributed by atoms with Crippen LogP contribution in [0, 0.1) is 11.3 Å². The number of nitrogens with zero attached hydrogens (tertiary/aromatic N) is 2. The zero-order chi connectivity index (χ0) is 23.5. The molecule has 0 aromatic heterocycles. The highest BCUT2D eigenvalue weighted by Gasteiger charge is 2.17. The molecule has 0 unspecified atom stereocenters. The molecule has 0 radical (unpaired) electrons. The van der Waals surface area contributed by atoms with Gasteiger partial charge in [0.05, 0.1) is 17.9 Å². The first kappa shape index (κ1) is 23.3. The molecule has 6 nitrogen and oxygen atoms in total. The Labute approximate surface area is 193 Å². The average Bonchev–Trinajstić information content (AvgIpc) is 2.84. The molecule has 0 aliphatic heterocycles. The lowest BCUT2D eigenvalue weighted by atomic mass is 10.1. The zero-order valence-corrected chi connectivity index (χ0v) is 18.4. The molecular formula is C27H25N3O3. The van der Waals surface area contributed by atoms with E-state index in [1.165, 1.54) is 0 Å². The van der Waals surface area contributed by atoms with Crippen molar-refractivity contribution >= 4 is 17.6 Å². The zero-order valence-electron chi connectivity index (χ0n) is 18.4. The van der Waals surface area contributed by atoms with Crippen molar-refractivity contribution in [3.63, 3.8) is 0 Å². The summed E-state index contributed by atoms with van der Waals surface area (Å²) < 4.78 is 5.06. The summed E-state index contributed by atoms with van der Waals surface area (Å²) in [5.74, 6) is -1.13. The number of rotatable bonds is 9. The van der Waals surface area contributed by atoms with Gasteiger partial charge in [0.2, 0.25) is 0 Å². The van der Waals surface area contributed by atoms with E-state index < -0.39 is 11.9 Å². The van der Waals surface area contributed by atoms with Crippen molar-refractivity contribution in [2.24, 2.45) is 0 Å². The van der Waals surface area contributed by atoms with E-state index in [-0.39, 0.29) is 17.7 Å². The van der Waals surface area contributed by atoms with Crippen LogP contribution in [-0.2, 0) is 22.6 Å². The Balaban J connectivity index is 1.85. The number of amides is 1. The van der Waals surface area contributed by atoms with Crippen molar-refractivity contribution < 1.29 is 14.3 Å². The number of carbonyl (C=O) groups is 2. The number of nitriles is 1. The number of para-hydroxylation sites is 1. The summed E-state index contributed by atoms with van der Waals surface area (Å²) in [6, 6.07) is 28.2. The predicted octanol–water partition coefficient (Wildman–Crippen LogP) is 4.91. The summed E-state index contributed by atoms with van der Waals surface area (Å²) in [4.78, 5) is 27.1. The van der Waals surface area contributed by atoms with Crippen LogP contribution in [-0.4, -0.2) is 23.4 Å². The molecular weight excluding hydrogens is 414 g/mol. The van der Waals surface area contributed by atoms with E-state index in [0.717, 1.165) is 11.1 Å². The van der Waals surface area contributed by atoms with E-state index in [2.05, 4.69) is 5.32 Å². The van der Waals surface area contributed by atoms with E-state index in [1.54, 1.807) is 37.4 Å². The van der Waals surface area contributed by atoms with Crippen LogP contribution in [0.25, 0.3) is 0 Å². The molecule has 166 valence electrons. The SMILES string of the molecule is CCOC(=O)c1ccccc1NC(=O)/C(C#N)=C\N(Cc1ccccc1)Cc1ccccc1. The fourth-order valence-electron chi connectivity index (χ4n) is 3.27. The van der Waals surface area contributed by atoms with Gasteiger partial charge in [0.15, 0.2) is 0 Å². The van der Waals surface area contributed by atoms with Crippen LogP contribution >= 0.6 is 0 Å². The smallest absolute Gasteiger partial charge is 0.340 e. The molecule has 3 aromatic rings. The molecule has 0 heterocycles. The largest absolute Gasteiger partial charge is 0.462 e. The maximum Gasteiger partial charge on any atom is 0.340 e. The molecule has 0 saturated carbocycles. The quantitative estimate of drug-likeness (QED) is 0.291. The number of carbonyl (C=O) groups excluding carboxylic acids is 2. The van der Waals surface area contributed by atoms with Gasteiger partial charge >= 0.3 is 5.97 Å². The van der Waals surface area contributed by atoms with Gasteiger partial charge in [-0.3, -0.25) is 4.79 Å².